The second kappa shape index (κ2) is 24.0. The zero-order chi connectivity index (χ0) is 68.3. The van der Waals surface area contributed by atoms with E-state index in [0.29, 0.717) is 0 Å². The van der Waals surface area contributed by atoms with Crippen LogP contribution in [0.2, 0.25) is 0 Å². The molecule has 0 atom stereocenters. The number of hydrogen-bond acceptors (Lipinski definition) is 0. The van der Waals surface area contributed by atoms with Gasteiger partial charge in [0, 0.05) is 32.9 Å². The summed E-state index contributed by atoms with van der Waals surface area (Å²) in [4.78, 5) is 0. The average Bonchev–Trinajstić information content (AvgIpc) is 1.28. The van der Waals surface area contributed by atoms with Crippen molar-refractivity contribution in [2.45, 2.75) is 0 Å². The van der Waals surface area contributed by atoms with Crippen LogP contribution in [-0.4, -0.2) is 9.13 Å². The van der Waals surface area contributed by atoms with E-state index in [1.54, 1.807) is 0 Å². The molecule has 2 heteroatoms. The zero-order valence-electron chi connectivity index (χ0n) is 56.8. The maximum atomic E-state index is 2.45. The van der Waals surface area contributed by atoms with Crippen molar-refractivity contribution in [1.29, 1.82) is 0 Å². The first-order chi connectivity index (χ1) is 51.5. The minimum atomic E-state index is 1.12. The summed E-state index contributed by atoms with van der Waals surface area (Å²) in [7, 11) is 0. The third-order valence-corrected chi connectivity index (χ3v) is 22.0. The smallest absolute Gasteiger partial charge is 0.0541 e. The van der Waals surface area contributed by atoms with Gasteiger partial charge in [0.2, 0.25) is 0 Å². The van der Waals surface area contributed by atoms with E-state index in [0.717, 1.165) is 33.6 Å². The second-order valence-corrected chi connectivity index (χ2v) is 27.9. The van der Waals surface area contributed by atoms with Crippen LogP contribution in [0.3, 0.4) is 0 Å². The van der Waals surface area contributed by atoms with Crippen LogP contribution in [-0.2, 0) is 0 Å². The highest BCUT2D eigenvalue weighted by Crippen LogP contribution is 2.48. The minimum Gasteiger partial charge on any atom is -0.309 e. The van der Waals surface area contributed by atoms with Crippen molar-refractivity contribution in [1.82, 2.24) is 9.13 Å². The lowest BCUT2D eigenvalue weighted by Gasteiger charge is -2.20. The van der Waals surface area contributed by atoms with E-state index in [9.17, 15) is 0 Å². The summed E-state index contributed by atoms with van der Waals surface area (Å²) in [6, 6.07) is 145. The molecular weight excluding hydrogens is 1250 g/mol. The number of rotatable bonds is 10. The molecule has 0 amide bonds. The molecule has 21 aromatic rings. The molecule has 0 aliphatic heterocycles. The third-order valence-electron chi connectivity index (χ3n) is 22.0. The van der Waals surface area contributed by atoms with Crippen LogP contribution in [0.1, 0.15) is 0 Å². The van der Waals surface area contributed by atoms with E-state index < -0.39 is 0 Å². The Labute approximate surface area is 602 Å². The number of fused-ring (bicyclic) bond motifs is 12. The standard InChI is InChI=1S/C102H64N2/c1-3-19-71(20-4-1)101-89-49-39-82(70-37-47-88(48-38-70)104-99-53-43-85(79-33-29-67-17-9-13-25-75(67)57-79)61-93(99)94-62-86(44-54-100(94)104)80-34-30-68-18-10-14-26-76(68)58-80)64-96(89)102(72-21-5-2-6-22-72)90-50-40-81(63-95(90)101)69-35-45-87(46-36-69)103-97-51-41-83(77-31-27-65-15-7-11-23-73(65)55-77)59-91(97)92-60-84(42-52-98(92)103)78-32-28-66-16-8-12-24-74(66)56-78/h1-64H. The van der Waals surface area contributed by atoms with Gasteiger partial charge in [0.25, 0.3) is 0 Å². The first-order valence-corrected chi connectivity index (χ1v) is 36.0. The molecule has 0 saturated heterocycles. The van der Waals surface area contributed by atoms with E-state index in [4.69, 9.17) is 0 Å². The van der Waals surface area contributed by atoms with Gasteiger partial charge in [0.05, 0.1) is 22.1 Å². The van der Waals surface area contributed by atoms with Crippen LogP contribution in [0.25, 0.3) is 209 Å². The summed E-state index contributed by atoms with van der Waals surface area (Å²) in [5.74, 6) is 0. The first-order valence-electron chi connectivity index (χ1n) is 36.0. The Morgan fingerprint density at radius 1 is 0.125 bits per heavy atom. The predicted molar refractivity (Wildman–Crippen MR) is 444 cm³/mol. The molecule has 19 aromatic carbocycles. The lowest BCUT2D eigenvalue weighted by molar-refractivity contribution is 1.18. The predicted octanol–water partition coefficient (Wildman–Crippen LogP) is 28.1. The molecule has 21 rings (SSSR count). The van der Waals surface area contributed by atoms with Crippen molar-refractivity contribution >= 4 is 108 Å². The van der Waals surface area contributed by atoms with Gasteiger partial charge in [-0.3, -0.25) is 0 Å². The van der Waals surface area contributed by atoms with Gasteiger partial charge in [0.1, 0.15) is 0 Å². The van der Waals surface area contributed by atoms with Crippen LogP contribution in [0.15, 0.2) is 388 Å². The maximum absolute atomic E-state index is 2.45. The van der Waals surface area contributed by atoms with E-state index in [1.165, 1.54) is 175 Å². The fourth-order valence-corrected chi connectivity index (χ4v) is 16.8. The molecule has 0 aliphatic rings. The Hall–Kier alpha value is -13.7. The maximum Gasteiger partial charge on any atom is 0.0541 e. The minimum absolute atomic E-state index is 1.12. The molecule has 0 bridgehead atoms. The summed E-state index contributed by atoms with van der Waals surface area (Å²) < 4.78 is 4.90. The summed E-state index contributed by atoms with van der Waals surface area (Å²) in [5, 5.41) is 19.7. The Bertz CT molecular complexity index is 6360. The van der Waals surface area contributed by atoms with Gasteiger partial charge in [-0.05, 0) is 263 Å². The highest BCUT2D eigenvalue weighted by Gasteiger charge is 2.22. The van der Waals surface area contributed by atoms with Crippen LogP contribution < -0.4 is 0 Å². The van der Waals surface area contributed by atoms with Gasteiger partial charge in [-0.1, -0.05) is 279 Å². The molecule has 104 heavy (non-hydrogen) atoms. The molecule has 0 N–H and O–H groups in total. The highest BCUT2D eigenvalue weighted by molar-refractivity contribution is 6.23. The zero-order valence-corrected chi connectivity index (χ0v) is 56.8. The molecule has 2 aromatic heterocycles. The monoisotopic (exact) mass is 1320 g/mol. The Kier molecular flexibility index (Phi) is 13.7. The van der Waals surface area contributed by atoms with Crippen LogP contribution in [0.4, 0.5) is 0 Å². The summed E-state index contributed by atoms with van der Waals surface area (Å²) in [6.07, 6.45) is 0. The van der Waals surface area contributed by atoms with Gasteiger partial charge in [-0.25, -0.2) is 0 Å². The normalized spacial score (nSPS) is 11.8. The lowest BCUT2D eigenvalue weighted by atomic mass is 9.84. The van der Waals surface area contributed by atoms with Crippen molar-refractivity contribution in [2.75, 3.05) is 0 Å². The molecule has 0 unspecified atom stereocenters. The summed E-state index contributed by atoms with van der Waals surface area (Å²) in [6.45, 7) is 0. The van der Waals surface area contributed by atoms with Gasteiger partial charge >= 0.3 is 0 Å². The Morgan fingerprint density at radius 2 is 0.346 bits per heavy atom. The second-order valence-electron chi connectivity index (χ2n) is 27.9. The number of aromatic nitrogens is 2. The molecule has 2 heterocycles. The fourth-order valence-electron chi connectivity index (χ4n) is 16.8. The van der Waals surface area contributed by atoms with E-state index in [-0.39, 0.29) is 0 Å². The number of hydrogen-bond donors (Lipinski definition) is 0. The fraction of sp³-hybridized carbons (Fsp3) is 0. The average molecular weight is 1320 g/mol. The van der Waals surface area contributed by atoms with Crippen LogP contribution in [0.5, 0.6) is 0 Å². The van der Waals surface area contributed by atoms with E-state index in [2.05, 4.69) is 397 Å². The highest BCUT2D eigenvalue weighted by atomic mass is 15.0. The SMILES string of the molecule is c1ccc(-c2c3ccc(-c4ccc(-n5c6ccc(-c7ccc8ccccc8c7)cc6c6cc(-c7ccc8ccccc8c7)ccc65)cc4)cc3c(-c3ccccc3)c3ccc(-c4ccc(-n5c6ccc(-c7ccc8ccccc8c7)cc6c6cc(-c7ccc8ccccc8c7)ccc65)cc4)cc23)cc1. The molecule has 0 saturated carbocycles. The van der Waals surface area contributed by atoms with Crippen LogP contribution in [0, 0.1) is 0 Å². The molecule has 2 nitrogen and oxygen atoms in total. The topological polar surface area (TPSA) is 9.86 Å². The lowest BCUT2D eigenvalue weighted by Crippen LogP contribution is -1.95. The molecule has 0 radical (unpaired) electrons. The Balaban J connectivity index is 0.670. The summed E-state index contributed by atoms with van der Waals surface area (Å²) in [5.41, 5.74) is 26.0. The third kappa shape index (κ3) is 9.94. The van der Waals surface area contributed by atoms with Crippen molar-refractivity contribution < 1.29 is 0 Å². The van der Waals surface area contributed by atoms with E-state index >= 15 is 0 Å². The van der Waals surface area contributed by atoms with Gasteiger partial charge in [-0.2, -0.15) is 0 Å². The summed E-state index contributed by atoms with van der Waals surface area (Å²) >= 11 is 0. The quantitative estimate of drug-likeness (QED) is 0.121. The van der Waals surface area contributed by atoms with Crippen molar-refractivity contribution in [2.24, 2.45) is 0 Å². The largest absolute Gasteiger partial charge is 0.309 e. The van der Waals surface area contributed by atoms with Crippen molar-refractivity contribution in [3.05, 3.63) is 388 Å². The van der Waals surface area contributed by atoms with Gasteiger partial charge in [-0.15, -0.1) is 0 Å². The molecular formula is C102H64N2. The van der Waals surface area contributed by atoms with Gasteiger partial charge < -0.3 is 9.13 Å². The van der Waals surface area contributed by atoms with Crippen molar-refractivity contribution in [3.8, 4) is 100 Å². The van der Waals surface area contributed by atoms with Crippen molar-refractivity contribution in [3.63, 3.8) is 0 Å². The first kappa shape index (κ1) is 59.2. The number of nitrogens with zero attached hydrogens (tertiary/aromatic N) is 2. The molecule has 0 aliphatic carbocycles. The number of benzene rings is 19. The van der Waals surface area contributed by atoms with Crippen LogP contribution >= 0.6 is 0 Å². The van der Waals surface area contributed by atoms with E-state index in [1.807, 2.05) is 0 Å². The van der Waals surface area contributed by atoms with Gasteiger partial charge in [0.15, 0.2) is 0 Å². The molecule has 0 fully saturated rings. The molecule has 0 spiro atoms. The molecule has 482 valence electrons. The Morgan fingerprint density at radius 3 is 0.644 bits per heavy atom.